The summed E-state index contributed by atoms with van der Waals surface area (Å²) < 4.78 is 0. The summed E-state index contributed by atoms with van der Waals surface area (Å²) in [6.07, 6.45) is 43.1. The maximum Gasteiger partial charge on any atom is 0.220 e. The largest absolute Gasteiger partial charge is 0.394 e. The van der Waals surface area contributed by atoms with Gasteiger partial charge in [0.25, 0.3) is 0 Å². The third-order valence-corrected chi connectivity index (χ3v) is 9.81. The fourth-order valence-corrected chi connectivity index (χ4v) is 6.27. The number of carbonyl (C=O) groups is 1. The van der Waals surface area contributed by atoms with E-state index in [0.29, 0.717) is 6.42 Å². The Bertz CT molecular complexity index is 622. The monoisotopic (exact) mass is 636 g/mol. The summed E-state index contributed by atoms with van der Waals surface area (Å²) in [6.45, 7) is 6.67. The smallest absolute Gasteiger partial charge is 0.220 e. The van der Waals surface area contributed by atoms with Crippen molar-refractivity contribution in [2.45, 2.75) is 232 Å². The zero-order chi connectivity index (χ0) is 33.1. The molecule has 0 aromatic heterocycles. The molecule has 3 N–H and O–H groups in total. The molecular weight excluding hydrogens is 554 g/mol. The second-order valence-electron chi connectivity index (χ2n) is 14.3. The van der Waals surface area contributed by atoms with E-state index in [2.05, 4.69) is 26.1 Å². The number of unbranched alkanes of at least 4 members (excludes halogenated alkanes) is 26. The second-order valence-corrected chi connectivity index (χ2v) is 14.3. The van der Waals surface area contributed by atoms with E-state index in [1.165, 1.54) is 167 Å². The number of aliphatic hydroxyl groups excluding tert-OH is 2. The highest BCUT2D eigenvalue weighted by molar-refractivity contribution is 5.76. The summed E-state index contributed by atoms with van der Waals surface area (Å²) in [7, 11) is 0. The van der Waals surface area contributed by atoms with Gasteiger partial charge in [0, 0.05) is 6.42 Å². The van der Waals surface area contributed by atoms with Crippen molar-refractivity contribution in [3.8, 4) is 0 Å². The van der Waals surface area contributed by atoms with Gasteiger partial charge in [0.15, 0.2) is 0 Å². The van der Waals surface area contributed by atoms with Crippen molar-refractivity contribution in [1.82, 2.24) is 5.32 Å². The summed E-state index contributed by atoms with van der Waals surface area (Å²) in [4.78, 5) is 12.3. The lowest BCUT2D eigenvalue weighted by Crippen LogP contribution is -2.45. The molecular formula is C41H81NO3. The fraction of sp³-hybridized carbons (Fsp3) is 0.927. The van der Waals surface area contributed by atoms with Gasteiger partial charge in [-0.2, -0.15) is 0 Å². The predicted octanol–water partition coefficient (Wildman–Crippen LogP) is 12.1. The molecule has 268 valence electrons. The molecule has 45 heavy (non-hydrogen) atoms. The first-order valence-corrected chi connectivity index (χ1v) is 20.3. The topological polar surface area (TPSA) is 69.6 Å². The van der Waals surface area contributed by atoms with Gasteiger partial charge >= 0.3 is 0 Å². The number of aliphatic hydroxyl groups is 2. The van der Waals surface area contributed by atoms with Crippen molar-refractivity contribution in [2.75, 3.05) is 6.61 Å². The van der Waals surface area contributed by atoms with Crippen molar-refractivity contribution >= 4 is 5.91 Å². The third-order valence-electron chi connectivity index (χ3n) is 9.81. The van der Waals surface area contributed by atoms with Crippen LogP contribution in [0.2, 0.25) is 0 Å². The van der Waals surface area contributed by atoms with E-state index in [1.54, 1.807) is 6.08 Å². The lowest BCUT2D eigenvalue weighted by Gasteiger charge is -2.20. The van der Waals surface area contributed by atoms with Crippen molar-refractivity contribution in [3.63, 3.8) is 0 Å². The van der Waals surface area contributed by atoms with Crippen LogP contribution in [0.25, 0.3) is 0 Å². The van der Waals surface area contributed by atoms with Crippen LogP contribution >= 0.6 is 0 Å². The lowest BCUT2D eigenvalue weighted by atomic mass is 10.00. The van der Waals surface area contributed by atoms with Gasteiger partial charge in [-0.05, 0) is 25.2 Å². The van der Waals surface area contributed by atoms with Crippen molar-refractivity contribution < 1.29 is 15.0 Å². The Kier molecular flexibility index (Phi) is 35.3. The Morgan fingerprint density at radius 3 is 1.42 bits per heavy atom. The van der Waals surface area contributed by atoms with Crippen LogP contribution in [-0.4, -0.2) is 34.9 Å². The SMILES string of the molecule is CCCCCCCCCCCCCCCCCCCCCCCC(=O)N[C@@H](CO)[C@H](O)/C=C/CCCCCCCCC(C)CC. The standard InChI is InChI=1S/C41H81NO3/c1-4-6-7-8-9-10-11-12-13-14-15-16-17-18-19-20-21-22-27-30-33-36-41(45)42-39(37-43)40(44)35-32-29-26-24-23-25-28-31-34-38(3)5-2/h32,35,38-40,43-44H,4-31,33-34,36-37H2,1-3H3,(H,42,45)/b35-32+/t38?,39-,40+/m0/s1. The van der Waals surface area contributed by atoms with Crippen LogP contribution in [0, 0.1) is 5.92 Å². The van der Waals surface area contributed by atoms with Gasteiger partial charge in [-0.3, -0.25) is 4.79 Å². The molecule has 0 aromatic carbocycles. The highest BCUT2D eigenvalue weighted by atomic mass is 16.3. The van der Waals surface area contributed by atoms with Crippen LogP contribution in [0.4, 0.5) is 0 Å². The van der Waals surface area contributed by atoms with E-state index in [1.807, 2.05) is 6.08 Å². The van der Waals surface area contributed by atoms with Gasteiger partial charge in [-0.15, -0.1) is 0 Å². The number of hydrogen-bond acceptors (Lipinski definition) is 3. The molecule has 0 rings (SSSR count). The van der Waals surface area contributed by atoms with Crippen LogP contribution in [0.5, 0.6) is 0 Å². The molecule has 4 heteroatoms. The maximum absolute atomic E-state index is 12.3. The maximum atomic E-state index is 12.3. The fourth-order valence-electron chi connectivity index (χ4n) is 6.27. The molecule has 3 atom stereocenters. The molecule has 0 aliphatic rings. The van der Waals surface area contributed by atoms with Gasteiger partial charge in [0.1, 0.15) is 0 Å². The molecule has 0 spiro atoms. The molecule has 0 aliphatic carbocycles. The Morgan fingerprint density at radius 1 is 0.600 bits per heavy atom. The van der Waals surface area contributed by atoms with Crippen LogP contribution in [0.3, 0.4) is 0 Å². The molecule has 0 saturated carbocycles. The molecule has 1 unspecified atom stereocenters. The number of allylic oxidation sites excluding steroid dienone is 1. The number of carbonyl (C=O) groups excluding carboxylic acids is 1. The zero-order valence-corrected chi connectivity index (χ0v) is 30.8. The van der Waals surface area contributed by atoms with Crippen LogP contribution in [0.15, 0.2) is 12.2 Å². The predicted molar refractivity (Wildman–Crippen MR) is 198 cm³/mol. The third kappa shape index (κ3) is 32.8. The minimum atomic E-state index is -0.834. The summed E-state index contributed by atoms with van der Waals surface area (Å²) >= 11 is 0. The highest BCUT2D eigenvalue weighted by Crippen LogP contribution is 2.16. The number of hydrogen-bond donors (Lipinski definition) is 3. The Morgan fingerprint density at radius 2 is 1.00 bits per heavy atom. The first-order valence-electron chi connectivity index (χ1n) is 20.3. The van der Waals surface area contributed by atoms with E-state index < -0.39 is 12.1 Å². The zero-order valence-electron chi connectivity index (χ0n) is 30.8. The molecule has 1 amide bonds. The molecule has 4 nitrogen and oxygen atoms in total. The summed E-state index contributed by atoms with van der Waals surface area (Å²) in [5.41, 5.74) is 0. The first-order chi connectivity index (χ1) is 22.0. The summed E-state index contributed by atoms with van der Waals surface area (Å²) in [5, 5.41) is 22.9. The minimum absolute atomic E-state index is 0.0624. The molecule has 0 aliphatic heterocycles. The van der Waals surface area contributed by atoms with Crippen LogP contribution in [0.1, 0.15) is 220 Å². The van der Waals surface area contributed by atoms with Crippen molar-refractivity contribution in [3.05, 3.63) is 12.2 Å². The van der Waals surface area contributed by atoms with Gasteiger partial charge in [-0.25, -0.2) is 0 Å². The van der Waals surface area contributed by atoms with E-state index in [9.17, 15) is 15.0 Å². The average Bonchev–Trinajstić information content (AvgIpc) is 3.04. The van der Waals surface area contributed by atoms with Gasteiger partial charge in [0.05, 0.1) is 18.8 Å². The molecule has 0 fully saturated rings. The Hall–Kier alpha value is -0.870. The molecule has 0 heterocycles. The van der Waals surface area contributed by atoms with Crippen molar-refractivity contribution in [2.24, 2.45) is 5.92 Å². The summed E-state index contributed by atoms with van der Waals surface area (Å²) in [5.74, 6) is 0.801. The molecule has 0 radical (unpaired) electrons. The molecule has 0 aromatic rings. The normalized spacial score (nSPS) is 13.8. The number of amides is 1. The molecule has 0 bridgehead atoms. The van der Waals surface area contributed by atoms with E-state index in [4.69, 9.17) is 0 Å². The Balaban J connectivity index is 3.53. The van der Waals surface area contributed by atoms with E-state index in [-0.39, 0.29) is 12.5 Å². The van der Waals surface area contributed by atoms with Crippen molar-refractivity contribution in [1.29, 1.82) is 0 Å². The highest BCUT2D eigenvalue weighted by Gasteiger charge is 2.17. The van der Waals surface area contributed by atoms with E-state index in [0.717, 1.165) is 31.6 Å². The Labute approximate surface area is 282 Å². The van der Waals surface area contributed by atoms with Crippen LogP contribution < -0.4 is 5.32 Å². The quantitative estimate of drug-likeness (QED) is 0.0474. The van der Waals surface area contributed by atoms with Gasteiger partial charge in [0.2, 0.25) is 5.91 Å². The van der Waals surface area contributed by atoms with Gasteiger partial charge < -0.3 is 15.5 Å². The second kappa shape index (κ2) is 36.0. The average molecular weight is 636 g/mol. The minimum Gasteiger partial charge on any atom is -0.394 e. The van der Waals surface area contributed by atoms with E-state index >= 15 is 0 Å². The number of nitrogens with one attached hydrogen (secondary N) is 1. The first kappa shape index (κ1) is 44.1. The van der Waals surface area contributed by atoms with Crippen LogP contribution in [-0.2, 0) is 4.79 Å². The van der Waals surface area contributed by atoms with Gasteiger partial charge in [-0.1, -0.05) is 206 Å². The summed E-state index contributed by atoms with van der Waals surface area (Å²) in [6, 6.07) is -0.617. The molecule has 0 saturated heterocycles. The lowest BCUT2D eigenvalue weighted by molar-refractivity contribution is -0.123. The number of rotatable bonds is 36.